The van der Waals surface area contributed by atoms with Crippen LogP contribution in [-0.4, -0.2) is 65.5 Å². The minimum atomic E-state index is -0.659. The van der Waals surface area contributed by atoms with Gasteiger partial charge in [-0.2, -0.15) is 0 Å². The van der Waals surface area contributed by atoms with Crippen molar-refractivity contribution in [3.8, 4) is 5.75 Å². The second-order valence-electron chi connectivity index (χ2n) is 8.79. The Hall–Kier alpha value is -3.10. The highest BCUT2D eigenvalue weighted by molar-refractivity contribution is 6.05. The predicted molar refractivity (Wildman–Crippen MR) is 111 cm³/mol. The van der Waals surface area contributed by atoms with Crippen LogP contribution in [0.1, 0.15) is 56.0 Å². The van der Waals surface area contributed by atoms with Gasteiger partial charge >= 0.3 is 6.09 Å². The van der Waals surface area contributed by atoms with E-state index in [1.54, 1.807) is 25.2 Å². The number of nitrogens with zero attached hydrogens (tertiary/aromatic N) is 2. The van der Waals surface area contributed by atoms with E-state index >= 15 is 0 Å². The zero-order valence-corrected chi connectivity index (χ0v) is 18.4. The van der Waals surface area contributed by atoms with Gasteiger partial charge in [0.25, 0.3) is 5.91 Å². The van der Waals surface area contributed by atoms with Gasteiger partial charge in [-0.1, -0.05) is 6.07 Å². The van der Waals surface area contributed by atoms with Crippen molar-refractivity contribution in [3.05, 3.63) is 29.3 Å². The molecular formula is C22H29N3O6. The summed E-state index contributed by atoms with van der Waals surface area (Å²) >= 11 is 0. The van der Waals surface area contributed by atoms with Gasteiger partial charge in [0.1, 0.15) is 17.4 Å². The summed E-state index contributed by atoms with van der Waals surface area (Å²) in [6.45, 7) is 6.53. The number of carbonyl (C=O) groups excluding carboxylic acids is 4. The number of amides is 4. The van der Waals surface area contributed by atoms with E-state index in [1.807, 2.05) is 20.8 Å². The molecule has 9 nitrogen and oxygen atoms in total. The Kier molecular flexibility index (Phi) is 6.52. The Morgan fingerprint density at radius 3 is 2.68 bits per heavy atom. The van der Waals surface area contributed by atoms with Gasteiger partial charge in [0, 0.05) is 31.1 Å². The highest BCUT2D eigenvalue weighted by Crippen LogP contribution is 2.33. The minimum absolute atomic E-state index is 0.213. The molecule has 0 bridgehead atoms. The lowest BCUT2D eigenvalue weighted by atomic mass is 10.0. The van der Waals surface area contributed by atoms with Crippen molar-refractivity contribution in [2.45, 2.75) is 58.2 Å². The van der Waals surface area contributed by atoms with Crippen molar-refractivity contribution in [2.75, 3.05) is 20.2 Å². The zero-order valence-electron chi connectivity index (χ0n) is 18.4. The fourth-order valence-electron chi connectivity index (χ4n) is 3.61. The lowest BCUT2D eigenvalue weighted by Crippen LogP contribution is -2.52. The average Bonchev–Trinajstić information content (AvgIpc) is 3.01. The van der Waals surface area contributed by atoms with Gasteiger partial charge in [0.2, 0.25) is 11.8 Å². The molecule has 0 radical (unpaired) electrons. The molecule has 3 rings (SSSR count). The third-order valence-electron chi connectivity index (χ3n) is 5.14. The fraction of sp³-hybridized carbons (Fsp3) is 0.545. The summed E-state index contributed by atoms with van der Waals surface area (Å²) < 4.78 is 11.2. The highest BCUT2D eigenvalue weighted by Gasteiger charge is 2.40. The first kappa shape index (κ1) is 22.6. The summed E-state index contributed by atoms with van der Waals surface area (Å²) in [7, 11) is 1.67. The molecule has 1 aromatic carbocycles. The second kappa shape index (κ2) is 8.95. The third kappa shape index (κ3) is 5.34. The van der Waals surface area contributed by atoms with Crippen molar-refractivity contribution in [1.82, 2.24) is 15.1 Å². The van der Waals surface area contributed by atoms with Gasteiger partial charge < -0.3 is 19.3 Å². The Morgan fingerprint density at radius 1 is 1.26 bits per heavy atom. The van der Waals surface area contributed by atoms with Gasteiger partial charge in [-0.15, -0.1) is 0 Å². The first-order valence-corrected chi connectivity index (χ1v) is 10.4. The first-order chi connectivity index (χ1) is 14.6. The van der Waals surface area contributed by atoms with E-state index in [-0.39, 0.29) is 24.8 Å². The first-order valence-electron chi connectivity index (χ1n) is 10.4. The number of nitrogens with one attached hydrogen (secondary N) is 1. The molecule has 2 heterocycles. The molecule has 2 aliphatic rings. The number of imide groups is 1. The van der Waals surface area contributed by atoms with Crippen molar-refractivity contribution in [1.29, 1.82) is 0 Å². The molecule has 0 aromatic heterocycles. The maximum atomic E-state index is 12.8. The third-order valence-corrected chi connectivity index (χ3v) is 5.14. The van der Waals surface area contributed by atoms with E-state index in [9.17, 15) is 19.2 Å². The Balaban J connectivity index is 1.57. The van der Waals surface area contributed by atoms with E-state index in [2.05, 4.69) is 5.32 Å². The van der Waals surface area contributed by atoms with Crippen LogP contribution in [-0.2, 0) is 20.9 Å². The summed E-state index contributed by atoms with van der Waals surface area (Å²) in [5.74, 6) is -0.406. The second-order valence-corrected chi connectivity index (χ2v) is 8.79. The topological polar surface area (TPSA) is 105 Å². The highest BCUT2D eigenvalue weighted by atomic mass is 16.6. The zero-order chi connectivity index (χ0) is 22.8. The summed E-state index contributed by atoms with van der Waals surface area (Å²) in [6, 6.07) is 4.59. The van der Waals surface area contributed by atoms with Crippen LogP contribution in [0.2, 0.25) is 0 Å². The predicted octanol–water partition coefficient (Wildman–Crippen LogP) is 2.08. The lowest BCUT2D eigenvalue weighted by molar-refractivity contribution is -0.136. The number of benzene rings is 1. The quantitative estimate of drug-likeness (QED) is 0.546. The molecule has 1 aromatic rings. The van der Waals surface area contributed by atoms with Crippen LogP contribution >= 0.6 is 0 Å². The van der Waals surface area contributed by atoms with Crippen LogP contribution in [0.3, 0.4) is 0 Å². The molecule has 9 heteroatoms. The van der Waals surface area contributed by atoms with Crippen molar-refractivity contribution < 1.29 is 28.7 Å². The van der Waals surface area contributed by atoms with Crippen molar-refractivity contribution in [3.63, 3.8) is 0 Å². The van der Waals surface area contributed by atoms with Gasteiger partial charge in [-0.25, -0.2) is 4.79 Å². The number of hydrogen-bond donors (Lipinski definition) is 1. The van der Waals surface area contributed by atoms with E-state index in [4.69, 9.17) is 9.47 Å². The van der Waals surface area contributed by atoms with E-state index in [0.29, 0.717) is 37.3 Å². The number of rotatable bonds is 6. The largest absolute Gasteiger partial charge is 0.493 e. The number of piperidine rings is 1. The van der Waals surface area contributed by atoms with E-state index in [0.717, 1.165) is 5.56 Å². The summed E-state index contributed by atoms with van der Waals surface area (Å²) in [5.41, 5.74) is 0.693. The van der Waals surface area contributed by atoms with E-state index in [1.165, 1.54) is 9.80 Å². The number of hydrogen-bond acceptors (Lipinski definition) is 6. The minimum Gasteiger partial charge on any atom is -0.493 e. The molecule has 31 heavy (non-hydrogen) atoms. The average molecular weight is 431 g/mol. The van der Waals surface area contributed by atoms with Crippen LogP contribution in [0.4, 0.5) is 4.79 Å². The summed E-state index contributed by atoms with van der Waals surface area (Å²) in [6.07, 6.45) is 0.728. The summed E-state index contributed by atoms with van der Waals surface area (Å²) in [5, 5.41) is 2.30. The van der Waals surface area contributed by atoms with Crippen LogP contribution in [0.25, 0.3) is 0 Å². The van der Waals surface area contributed by atoms with Crippen molar-refractivity contribution >= 4 is 23.8 Å². The maximum Gasteiger partial charge on any atom is 0.410 e. The number of carbonyl (C=O) groups is 4. The van der Waals surface area contributed by atoms with Gasteiger partial charge in [-0.3, -0.25) is 19.7 Å². The molecular weight excluding hydrogens is 402 g/mol. The normalized spacial score (nSPS) is 18.5. The maximum absolute atomic E-state index is 12.8. The smallest absolute Gasteiger partial charge is 0.410 e. The number of ether oxygens (including phenoxy) is 2. The Morgan fingerprint density at radius 2 is 2.00 bits per heavy atom. The lowest BCUT2D eigenvalue weighted by Gasteiger charge is -2.29. The van der Waals surface area contributed by atoms with Crippen LogP contribution < -0.4 is 10.1 Å². The fourth-order valence-corrected chi connectivity index (χ4v) is 3.61. The SMILES string of the molecule is CN(CCCOc1cccc2c1CN(C1CCC(=O)NC1=O)C2=O)C(=O)OC(C)(C)C. The molecule has 0 saturated carbocycles. The Bertz CT molecular complexity index is 892. The number of fused-ring (bicyclic) bond motifs is 1. The van der Waals surface area contributed by atoms with E-state index < -0.39 is 23.6 Å². The molecule has 168 valence electrons. The Labute approximate surface area is 181 Å². The molecule has 1 fully saturated rings. The molecule has 1 N–H and O–H groups in total. The van der Waals surface area contributed by atoms with Crippen molar-refractivity contribution in [2.24, 2.45) is 0 Å². The monoisotopic (exact) mass is 431 g/mol. The molecule has 1 unspecified atom stereocenters. The standard InChI is InChI=1S/C22H29N3O6/c1-22(2,3)31-21(29)24(4)11-6-12-30-17-8-5-7-14-15(17)13-25(20(14)28)16-9-10-18(26)23-19(16)27/h5,7-8,16H,6,9-13H2,1-4H3,(H,23,26,27). The van der Waals surface area contributed by atoms with Gasteiger partial charge in [0.15, 0.2) is 0 Å². The van der Waals surface area contributed by atoms with Crippen LogP contribution in [0.15, 0.2) is 18.2 Å². The van der Waals surface area contributed by atoms with Crippen LogP contribution in [0, 0.1) is 0 Å². The summed E-state index contributed by atoms with van der Waals surface area (Å²) in [4.78, 5) is 51.4. The molecule has 1 atom stereocenters. The molecule has 0 aliphatic carbocycles. The molecule has 0 spiro atoms. The van der Waals surface area contributed by atoms with Gasteiger partial charge in [0.05, 0.1) is 13.2 Å². The molecule has 1 saturated heterocycles. The molecule has 2 aliphatic heterocycles. The van der Waals surface area contributed by atoms with Crippen LogP contribution in [0.5, 0.6) is 5.75 Å². The van der Waals surface area contributed by atoms with Gasteiger partial charge in [-0.05, 0) is 45.7 Å². The molecule has 4 amide bonds.